The summed E-state index contributed by atoms with van der Waals surface area (Å²) in [4.78, 5) is 20.0. The highest BCUT2D eigenvalue weighted by Gasteiger charge is 2.26. The van der Waals surface area contributed by atoms with Crippen LogP contribution in [0, 0.1) is 17.0 Å². The van der Waals surface area contributed by atoms with Crippen molar-refractivity contribution < 1.29 is 4.92 Å². The lowest BCUT2D eigenvalue weighted by molar-refractivity contribution is -0.384. The smallest absolute Gasteiger partial charge is 0.321 e. The maximum atomic E-state index is 11.2. The Morgan fingerprint density at radius 2 is 1.95 bits per heavy atom. The average molecular weight is 293 g/mol. The van der Waals surface area contributed by atoms with Gasteiger partial charge in [-0.3, -0.25) is 10.1 Å². The molecule has 0 unspecified atom stereocenters. The van der Waals surface area contributed by atoms with Crippen molar-refractivity contribution in [3.05, 3.63) is 51.4 Å². The number of hydrogen-bond donors (Lipinski definition) is 0. The van der Waals surface area contributed by atoms with Gasteiger partial charge in [-0.05, 0) is 26.0 Å². The molecule has 0 spiro atoms. The zero-order valence-electron chi connectivity index (χ0n) is 11.1. The van der Waals surface area contributed by atoms with Crippen LogP contribution in [-0.4, -0.2) is 21.4 Å². The predicted octanol–water partition coefficient (Wildman–Crippen LogP) is 3.50. The number of halogens is 1. The molecule has 0 aliphatic heterocycles. The van der Waals surface area contributed by atoms with Crippen molar-refractivity contribution in [1.82, 2.24) is 9.97 Å². The minimum atomic E-state index is -0.561. The minimum Gasteiger partial charge on any atom is -0.321 e. The van der Waals surface area contributed by atoms with Crippen LogP contribution < -0.4 is 4.90 Å². The largest absolute Gasteiger partial charge is 0.348 e. The quantitative estimate of drug-likeness (QED) is 0.490. The van der Waals surface area contributed by atoms with Gasteiger partial charge in [-0.2, -0.15) is 0 Å². The van der Waals surface area contributed by atoms with Gasteiger partial charge in [0.15, 0.2) is 0 Å². The molecule has 2 rings (SSSR count). The molecule has 0 radical (unpaired) electrons. The van der Waals surface area contributed by atoms with E-state index >= 15 is 0 Å². The van der Waals surface area contributed by atoms with E-state index in [0.29, 0.717) is 6.54 Å². The van der Waals surface area contributed by atoms with Crippen molar-refractivity contribution in [2.24, 2.45) is 0 Å². The molecule has 0 amide bonds. The van der Waals surface area contributed by atoms with Gasteiger partial charge in [0.25, 0.3) is 0 Å². The first kappa shape index (κ1) is 14.2. The van der Waals surface area contributed by atoms with Crippen molar-refractivity contribution in [2.45, 2.75) is 13.8 Å². The molecule has 0 N–H and O–H groups in total. The van der Waals surface area contributed by atoms with E-state index in [9.17, 15) is 10.1 Å². The Bertz CT molecular complexity index is 631. The van der Waals surface area contributed by atoms with E-state index < -0.39 is 4.92 Å². The lowest BCUT2D eigenvalue weighted by atomic mass is 10.2. The second-order valence-electron chi connectivity index (χ2n) is 4.17. The van der Waals surface area contributed by atoms with Crippen molar-refractivity contribution in [3.8, 4) is 0 Å². The minimum absolute atomic E-state index is 0.162. The molecule has 0 fully saturated rings. The fourth-order valence-electron chi connectivity index (χ4n) is 1.88. The van der Waals surface area contributed by atoms with E-state index in [2.05, 4.69) is 9.97 Å². The van der Waals surface area contributed by atoms with E-state index in [1.165, 1.54) is 6.33 Å². The van der Waals surface area contributed by atoms with Crippen LogP contribution in [0.3, 0.4) is 0 Å². The fourth-order valence-corrected chi connectivity index (χ4v) is 2.08. The van der Waals surface area contributed by atoms with Crippen LogP contribution in [-0.2, 0) is 0 Å². The zero-order chi connectivity index (χ0) is 14.7. The summed E-state index contributed by atoms with van der Waals surface area (Å²) in [6, 6.07) is 7.65. The molecule has 2 aromatic rings. The summed E-state index contributed by atoms with van der Waals surface area (Å²) in [7, 11) is 0. The number of rotatable bonds is 4. The SMILES string of the molecule is CCN(c1ccc(C)cc1)c1ncnc(Cl)c1[N+](=O)[O-]. The molecular formula is C13H13ClN4O2. The summed E-state index contributed by atoms with van der Waals surface area (Å²) in [5, 5.41) is 11.0. The topological polar surface area (TPSA) is 72.2 Å². The van der Waals surface area contributed by atoms with E-state index in [1.54, 1.807) is 4.90 Å². The Balaban J connectivity index is 2.55. The zero-order valence-corrected chi connectivity index (χ0v) is 11.8. The van der Waals surface area contributed by atoms with Gasteiger partial charge in [0.05, 0.1) is 4.92 Å². The Labute approximate surface area is 121 Å². The summed E-state index contributed by atoms with van der Waals surface area (Å²) in [6.45, 7) is 4.39. The molecule has 0 aliphatic carbocycles. The molecule has 104 valence electrons. The normalized spacial score (nSPS) is 10.3. The van der Waals surface area contributed by atoms with Crippen molar-refractivity contribution in [1.29, 1.82) is 0 Å². The number of benzene rings is 1. The second-order valence-corrected chi connectivity index (χ2v) is 4.53. The molecule has 1 aromatic heterocycles. The third-order valence-corrected chi connectivity index (χ3v) is 3.14. The molecule has 0 bridgehead atoms. The van der Waals surface area contributed by atoms with E-state index in [-0.39, 0.29) is 16.7 Å². The number of nitrogens with zero attached hydrogens (tertiary/aromatic N) is 4. The molecular weight excluding hydrogens is 280 g/mol. The lowest BCUT2D eigenvalue weighted by Gasteiger charge is -2.21. The first-order valence-electron chi connectivity index (χ1n) is 6.03. The van der Waals surface area contributed by atoms with E-state index in [1.807, 2.05) is 38.1 Å². The van der Waals surface area contributed by atoms with E-state index in [0.717, 1.165) is 11.3 Å². The summed E-state index contributed by atoms with van der Waals surface area (Å²) in [5.74, 6) is 0.196. The fraction of sp³-hybridized carbons (Fsp3) is 0.231. The van der Waals surface area contributed by atoms with Crippen molar-refractivity contribution in [2.75, 3.05) is 11.4 Å². The van der Waals surface area contributed by atoms with Crippen LogP contribution in [0.25, 0.3) is 0 Å². The summed E-state index contributed by atoms with van der Waals surface area (Å²) in [6.07, 6.45) is 1.22. The maximum absolute atomic E-state index is 11.2. The van der Waals surface area contributed by atoms with Crippen LogP contribution in [0.2, 0.25) is 5.15 Å². The summed E-state index contributed by atoms with van der Waals surface area (Å²) >= 11 is 5.82. The molecule has 1 aromatic carbocycles. The number of nitro groups is 1. The molecule has 7 heteroatoms. The molecule has 20 heavy (non-hydrogen) atoms. The lowest BCUT2D eigenvalue weighted by Crippen LogP contribution is -2.19. The highest BCUT2D eigenvalue weighted by Crippen LogP contribution is 2.35. The van der Waals surface area contributed by atoms with Gasteiger partial charge in [-0.25, -0.2) is 9.97 Å². The van der Waals surface area contributed by atoms with Gasteiger partial charge in [0, 0.05) is 12.2 Å². The van der Waals surface area contributed by atoms with Crippen LogP contribution in [0.4, 0.5) is 17.2 Å². The molecule has 1 heterocycles. The standard InChI is InChI=1S/C13H13ClN4O2/c1-3-17(10-6-4-9(2)5-7-10)13-11(18(19)20)12(14)15-8-16-13/h4-8H,3H2,1-2H3. The first-order chi connectivity index (χ1) is 9.54. The highest BCUT2D eigenvalue weighted by molar-refractivity contribution is 6.31. The van der Waals surface area contributed by atoms with Crippen molar-refractivity contribution >= 4 is 28.8 Å². The van der Waals surface area contributed by atoms with Crippen LogP contribution in [0.15, 0.2) is 30.6 Å². The van der Waals surface area contributed by atoms with E-state index in [4.69, 9.17) is 11.6 Å². The Morgan fingerprint density at radius 3 is 2.50 bits per heavy atom. The van der Waals surface area contributed by atoms with Crippen molar-refractivity contribution in [3.63, 3.8) is 0 Å². The van der Waals surface area contributed by atoms with Crippen LogP contribution in [0.5, 0.6) is 0 Å². The Morgan fingerprint density at radius 1 is 1.30 bits per heavy atom. The Hall–Kier alpha value is -2.21. The maximum Gasteiger partial charge on any atom is 0.348 e. The predicted molar refractivity (Wildman–Crippen MR) is 77.6 cm³/mol. The number of aryl methyl sites for hydroxylation is 1. The van der Waals surface area contributed by atoms with Gasteiger partial charge in [-0.1, -0.05) is 29.3 Å². The number of aromatic nitrogens is 2. The summed E-state index contributed by atoms with van der Waals surface area (Å²) in [5.41, 5.74) is 1.65. The van der Waals surface area contributed by atoms with Crippen LogP contribution >= 0.6 is 11.6 Å². The summed E-state index contributed by atoms with van der Waals surface area (Å²) < 4.78 is 0. The first-order valence-corrected chi connectivity index (χ1v) is 6.41. The van der Waals surface area contributed by atoms with Crippen LogP contribution in [0.1, 0.15) is 12.5 Å². The average Bonchev–Trinajstić information content (AvgIpc) is 2.41. The number of hydrogen-bond acceptors (Lipinski definition) is 5. The van der Waals surface area contributed by atoms with Gasteiger partial charge in [0.2, 0.25) is 11.0 Å². The van der Waals surface area contributed by atoms with Gasteiger partial charge in [0.1, 0.15) is 6.33 Å². The molecule has 0 saturated carbocycles. The monoisotopic (exact) mass is 292 g/mol. The third-order valence-electron chi connectivity index (χ3n) is 2.86. The van der Waals surface area contributed by atoms with Gasteiger partial charge in [-0.15, -0.1) is 0 Å². The number of anilines is 2. The Kier molecular flexibility index (Phi) is 4.14. The molecule has 0 saturated heterocycles. The molecule has 0 atom stereocenters. The van der Waals surface area contributed by atoms with Gasteiger partial charge >= 0.3 is 5.69 Å². The molecule has 6 nitrogen and oxygen atoms in total. The second kappa shape index (κ2) is 5.83. The molecule has 0 aliphatic rings. The highest BCUT2D eigenvalue weighted by atomic mass is 35.5. The van der Waals surface area contributed by atoms with Gasteiger partial charge < -0.3 is 4.90 Å². The third kappa shape index (κ3) is 2.70.